The average molecular weight is 421 g/mol. The molecule has 0 radical (unpaired) electrons. The van der Waals surface area contributed by atoms with Crippen molar-refractivity contribution < 1.29 is 13.5 Å². The number of aromatic nitrogens is 1. The van der Waals surface area contributed by atoms with Gasteiger partial charge in [-0.2, -0.15) is 0 Å². The Morgan fingerprint density at radius 2 is 2.00 bits per heavy atom. The SMILES string of the molecule is C=C(CC)Cc1cc(F)c(NSc2cnc(OC)c3cc(Cl)ccc23)cc1F. The molecule has 0 aliphatic heterocycles. The molecule has 0 saturated heterocycles. The number of hydrogen-bond donors (Lipinski definition) is 1. The van der Waals surface area contributed by atoms with Gasteiger partial charge in [-0.3, -0.25) is 0 Å². The lowest BCUT2D eigenvalue weighted by Gasteiger charge is -2.12. The van der Waals surface area contributed by atoms with Crippen LogP contribution in [-0.4, -0.2) is 12.1 Å². The number of rotatable bonds is 7. The number of ether oxygens (including phenoxy) is 1. The maximum absolute atomic E-state index is 14.4. The highest BCUT2D eigenvalue weighted by molar-refractivity contribution is 8.00. The maximum Gasteiger partial charge on any atom is 0.221 e. The molecule has 0 amide bonds. The predicted octanol–water partition coefficient (Wildman–Crippen LogP) is 6.80. The molecular formula is C21H19ClF2N2OS. The van der Waals surface area contributed by atoms with E-state index in [-0.39, 0.29) is 5.69 Å². The van der Waals surface area contributed by atoms with E-state index in [0.717, 1.165) is 45.7 Å². The highest BCUT2D eigenvalue weighted by atomic mass is 35.5. The second-order valence-electron chi connectivity index (χ2n) is 6.23. The number of pyridine rings is 1. The van der Waals surface area contributed by atoms with Crippen molar-refractivity contribution in [3.8, 4) is 5.88 Å². The number of anilines is 1. The molecule has 0 bridgehead atoms. The monoisotopic (exact) mass is 420 g/mol. The third kappa shape index (κ3) is 4.39. The second-order valence-corrected chi connectivity index (χ2v) is 7.51. The fourth-order valence-corrected chi connectivity index (χ4v) is 3.66. The van der Waals surface area contributed by atoms with Gasteiger partial charge in [0.25, 0.3) is 0 Å². The number of hydrogen-bond acceptors (Lipinski definition) is 4. The first-order valence-electron chi connectivity index (χ1n) is 8.62. The van der Waals surface area contributed by atoms with Gasteiger partial charge in [0, 0.05) is 28.1 Å². The van der Waals surface area contributed by atoms with Crippen molar-refractivity contribution in [2.24, 2.45) is 0 Å². The molecule has 2 aromatic carbocycles. The van der Waals surface area contributed by atoms with Crippen LogP contribution in [-0.2, 0) is 6.42 Å². The summed E-state index contributed by atoms with van der Waals surface area (Å²) < 4.78 is 36.9. The van der Waals surface area contributed by atoms with Gasteiger partial charge in [-0.05, 0) is 48.6 Å². The fraction of sp³-hybridized carbons (Fsp3) is 0.190. The molecule has 3 aromatic rings. The van der Waals surface area contributed by atoms with E-state index in [1.165, 1.54) is 13.2 Å². The Balaban J connectivity index is 1.86. The van der Waals surface area contributed by atoms with Crippen molar-refractivity contribution in [3.63, 3.8) is 0 Å². The molecule has 7 heteroatoms. The van der Waals surface area contributed by atoms with Gasteiger partial charge in [0.1, 0.15) is 11.6 Å². The summed E-state index contributed by atoms with van der Waals surface area (Å²) in [5.41, 5.74) is 1.21. The molecule has 0 spiro atoms. The minimum atomic E-state index is -0.526. The fourth-order valence-electron chi connectivity index (χ4n) is 2.71. The Morgan fingerprint density at radius 3 is 2.71 bits per heavy atom. The molecular weight excluding hydrogens is 402 g/mol. The van der Waals surface area contributed by atoms with Crippen LogP contribution < -0.4 is 9.46 Å². The van der Waals surface area contributed by atoms with Crippen LogP contribution in [0.25, 0.3) is 10.8 Å². The van der Waals surface area contributed by atoms with E-state index in [1.807, 2.05) is 13.0 Å². The molecule has 1 aromatic heterocycles. The minimum absolute atomic E-state index is 0.0614. The van der Waals surface area contributed by atoms with E-state index >= 15 is 0 Å². The van der Waals surface area contributed by atoms with Crippen LogP contribution in [0.3, 0.4) is 0 Å². The summed E-state index contributed by atoms with van der Waals surface area (Å²) in [6, 6.07) is 7.72. The molecule has 28 heavy (non-hydrogen) atoms. The minimum Gasteiger partial charge on any atom is -0.481 e. The molecule has 0 aliphatic carbocycles. The molecule has 1 N–H and O–H groups in total. The topological polar surface area (TPSA) is 34.2 Å². The second kappa shape index (κ2) is 8.80. The van der Waals surface area contributed by atoms with Gasteiger partial charge >= 0.3 is 0 Å². The summed E-state index contributed by atoms with van der Waals surface area (Å²) in [5.74, 6) is -0.551. The molecule has 0 unspecified atom stereocenters. The summed E-state index contributed by atoms with van der Waals surface area (Å²) in [7, 11) is 1.53. The van der Waals surface area contributed by atoms with E-state index in [4.69, 9.17) is 16.3 Å². The van der Waals surface area contributed by atoms with Crippen LogP contribution in [0.15, 0.2) is 53.6 Å². The van der Waals surface area contributed by atoms with E-state index in [9.17, 15) is 8.78 Å². The lowest BCUT2D eigenvalue weighted by atomic mass is 10.0. The van der Waals surface area contributed by atoms with E-state index in [1.54, 1.807) is 18.3 Å². The summed E-state index contributed by atoms with van der Waals surface area (Å²) >= 11 is 7.21. The van der Waals surface area contributed by atoms with E-state index in [2.05, 4.69) is 16.3 Å². The van der Waals surface area contributed by atoms with Crippen molar-refractivity contribution in [1.82, 2.24) is 4.98 Å². The van der Waals surface area contributed by atoms with Gasteiger partial charge < -0.3 is 9.46 Å². The van der Waals surface area contributed by atoms with Crippen LogP contribution in [0.1, 0.15) is 18.9 Å². The van der Waals surface area contributed by atoms with Crippen LogP contribution >= 0.6 is 23.5 Å². The van der Waals surface area contributed by atoms with Crippen molar-refractivity contribution in [3.05, 3.63) is 70.9 Å². The highest BCUT2D eigenvalue weighted by Crippen LogP contribution is 2.35. The highest BCUT2D eigenvalue weighted by Gasteiger charge is 2.13. The lowest BCUT2D eigenvalue weighted by Crippen LogP contribution is -1.99. The Hall–Kier alpha value is -2.31. The van der Waals surface area contributed by atoms with E-state index < -0.39 is 11.6 Å². The van der Waals surface area contributed by atoms with Crippen molar-refractivity contribution in [2.45, 2.75) is 24.7 Å². The van der Waals surface area contributed by atoms with Gasteiger partial charge in [0.2, 0.25) is 5.88 Å². The summed E-state index contributed by atoms with van der Waals surface area (Å²) in [6.07, 6.45) is 2.65. The number of nitrogens with zero attached hydrogens (tertiary/aromatic N) is 1. The van der Waals surface area contributed by atoms with Gasteiger partial charge in [-0.25, -0.2) is 13.8 Å². The largest absolute Gasteiger partial charge is 0.481 e. The number of allylic oxidation sites excluding steroid dienone is 1. The zero-order valence-corrected chi connectivity index (χ0v) is 17.1. The van der Waals surface area contributed by atoms with Crippen molar-refractivity contribution in [1.29, 1.82) is 0 Å². The normalized spacial score (nSPS) is 10.9. The van der Waals surface area contributed by atoms with Crippen molar-refractivity contribution >= 4 is 40.0 Å². The third-order valence-corrected chi connectivity index (χ3v) is 5.42. The van der Waals surface area contributed by atoms with Crippen LogP contribution in [0.2, 0.25) is 5.02 Å². The molecule has 1 heterocycles. The van der Waals surface area contributed by atoms with Crippen LogP contribution in [0.5, 0.6) is 5.88 Å². The Bertz CT molecular complexity index is 1040. The quantitative estimate of drug-likeness (QED) is 0.336. The molecule has 146 valence electrons. The maximum atomic E-state index is 14.4. The third-order valence-electron chi connectivity index (χ3n) is 4.32. The molecule has 0 aliphatic rings. The smallest absolute Gasteiger partial charge is 0.221 e. The Kier molecular flexibility index (Phi) is 6.42. The number of nitrogens with one attached hydrogen (secondary N) is 1. The van der Waals surface area contributed by atoms with Crippen molar-refractivity contribution in [2.75, 3.05) is 11.8 Å². The molecule has 3 rings (SSSR count). The Labute approximate surface area is 171 Å². The van der Waals surface area contributed by atoms with Crippen LogP contribution in [0.4, 0.5) is 14.5 Å². The number of fused-ring (bicyclic) bond motifs is 1. The number of benzene rings is 2. The predicted molar refractivity (Wildman–Crippen MR) is 112 cm³/mol. The standard InChI is InChI=1S/C21H19ClF2N2OS/c1-4-12(2)7-13-8-18(24)19(10-17(13)23)26-28-20-11-25-21(27-3)16-9-14(22)5-6-15(16)20/h5-6,8-11,26H,2,4,7H2,1,3H3. The van der Waals surface area contributed by atoms with Gasteiger partial charge in [0.05, 0.1) is 17.7 Å². The van der Waals surface area contributed by atoms with E-state index in [0.29, 0.717) is 22.9 Å². The zero-order chi connectivity index (χ0) is 20.3. The Morgan fingerprint density at radius 1 is 1.21 bits per heavy atom. The summed E-state index contributed by atoms with van der Waals surface area (Å²) in [6.45, 7) is 5.79. The molecule has 0 saturated carbocycles. The lowest BCUT2D eigenvalue weighted by molar-refractivity contribution is 0.403. The van der Waals surface area contributed by atoms with Gasteiger partial charge in [-0.15, -0.1) is 0 Å². The average Bonchev–Trinajstić information content (AvgIpc) is 2.68. The van der Waals surface area contributed by atoms with Crippen LogP contribution in [0, 0.1) is 11.6 Å². The van der Waals surface area contributed by atoms with Gasteiger partial charge in [0.15, 0.2) is 0 Å². The number of halogens is 3. The van der Waals surface area contributed by atoms with Gasteiger partial charge in [-0.1, -0.05) is 36.7 Å². The first-order chi connectivity index (χ1) is 13.4. The number of methoxy groups -OCH3 is 1. The molecule has 0 fully saturated rings. The first kappa shape index (κ1) is 20.4. The molecule has 0 atom stereocenters. The summed E-state index contributed by atoms with van der Waals surface area (Å²) in [4.78, 5) is 4.99. The summed E-state index contributed by atoms with van der Waals surface area (Å²) in [5, 5.41) is 2.13. The zero-order valence-electron chi connectivity index (χ0n) is 15.5. The molecule has 3 nitrogen and oxygen atoms in total. The first-order valence-corrected chi connectivity index (χ1v) is 9.82.